The van der Waals surface area contributed by atoms with Gasteiger partial charge in [0.05, 0.1) is 6.54 Å². The molecule has 1 aliphatic heterocycles. The van der Waals surface area contributed by atoms with Crippen LogP contribution in [0.2, 0.25) is 0 Å². The van der Waals surface area contributed by atoms with E-state index < -0.39 is 0 Å². The standard InChI is InChI=1S/C16H25N3O2/c1-2-14(13-5-3-4-6-15(13)20)18-12-7-9-19(10-8-12)11-16(17)21/h3-6,12,14,18,20H,2,7-11H2,1H3,(H2,17,21)/t14-/m1/s1. The van der Waals surface area contributed by atoms with E-state index in [-0.39, 0.29) is 11.9 Å². The summed E-state index contributed by atoms with van der Waals surface area (Å²) in [6.07, 6.45) is 2.92. The van der Waals surface area contributed by atoms with E-state index in [1.165, 1.54) is 0 Å². The molecule has 1 saturated heterocycles. The highest BCUT2D eigenvalue weighted by molar-refractivity contribution is 5.75. The van der Waals surface area contributed by atoms with E-state index in [9.17, 15) is 9.90 Å². The average Bonchev–Trinajstić information content (AvgIpc) is 2.47. The Morgan fingerprint density at radius 3 is 2.67 bits per heavy atom. The van der Waals surface area contributed by atoms with Gasteiger partial charge in [-0.15, -0.1) is 0 Å². The number of rotatable bonds is 6. The summed E-state index contributed by atoms with van der Waals surface area (Å²) in [5.74, 6) is 0.0880. The molecule has 2 rings (SSSR count). The zero-order valence-corrected chi connectivity index (χ0v) is 12.6. The van der Waals surface area contributed by atoms with Gasteiger partial charge < -0.3 is 16.2 Å². The van der Waals surface area contributed by atoms with Crippen LogP contribution in [0.25, 0.3) is 0 Å². The van der Waals surface area contributed by atoms with E-state index in [1.807, 2.05) is 18.2 Å². The second-order valence-electron chi connectivity index (χ2n) is 5.70. The van der Waals surface area contributed by atoms with Crippen LogP contribution in [0.15, 0.2) is 24.3 Å². The SMILES string of the molecule is CC[C@@H](NC1CCN(CC(N)=O)CC1)c1ccccc1O. The molecule has 0 spiro atoms. The summed E-state index contributed by atoms with van der Waals surface area (Å²) >= 11 is 0. The first-order valence-electron chi connectivity index (χ1n) is 7.64. The minimum Gasteiger partial charge on any atom is -0.508 e. The fraction of sp³-hybridized carbons (Fsp3) is 0.562. The Morgan fingerprint density at radius 1 is 1.43 bits per heavy atom. The van der Waals surface area contributed by atoms with Crippen molar-refractivity contribution in [2.45, 2.75) is 38.3 Å². The predicted molar refractivity (Wildman–Crippen MR) is 82.9 cm³/mol. The van der Waals surface area contributed by atoms with Gasteiger partial charge in [-0.05, 0) is 25.3 Å². The fourth-order valence-corrected chi connectivity index (χ4v) is 2.97. The van der Waals surface area contributed by atoms with E-state index in [1.54, 1.807) is 6.07 Å². The molecule has 21 heavy (non-hydrogen) atoms. The molecule has 116 valence electrons. The molecule has 0 aliphatic carbocycles. The molecule has 4 N–H and O–H groups in total. The number of hydrogen-bond acceptors (Lipinski definition) is 4. The maximum atomic E-state index is 10.9. The lowest BCUT2D eigenvalue weighted by Gasteiger charge is -2.34. The minimum absolute atomic E-state index is 0.166. The number of hydrogen-bond donors (Lipinski definition) is 3. The molecule has 1 aromatic carbocycles. The first-order chi connectivity index (χ1) is 10.1. The normalized spacial score (nSPS) is 18.5. The second kappa shape index (κ2) is 7.43. The van der Waals surface area contributed by atoms with Gasteiger partial charge in [-0.3, -0.25) is 9.69 Å². The number of likely N-dealkylation sites (tertiary alicyclic amines) is 1. The number of piperidine rings is 1. The van der Waals surface area contributed by atoms with Crippen molar-refractivity contribution in [3.8, 4) is 5.75 Å². The Bertz CT molecular complexity index is 470. The molecule has 1 atom stereocenters. The average molecular weight is 291 g/mol. The van der Waals surface area contributed by atoms with Gasteiger partial charge in [0, 0.05) is 30.7 Å². The maximum absolute atomic E-state index is 10.9. The van der Waals surface area contributed by atoms with Crippen LogP contribution in [0.1, 0.15) is 37.8 Å². The highest BCUT2D eigenvalue weighted by Gasteiger charge is 2.23. The van der Waals surface area contributed by atoms with Gasteiger partial charge in [0.2, 0.25) is 5.91 Å². The van der Waals surface area contributed by atoms with Crippen LogP contribution in [0, 0.1) is 0 Å². The van der Waals surface area contributed by atoms with Gasteiger partial charge in [0.25, 0.3) is 0 Å². The van der Waals surface area contributed by atoms with Gasteiger partial charge in [-0.1, -0.05) is 25.1 Å². The summed E-state index contributed by atoms with van der Waals surface area (Å²) in [6.45, 7) is 4.24. The number of benzene rings is 1. The van der Waals surface area contributed by atoms with Crippen molar-refractivity contribution in [3.63, 3.8) is 0 Å². The van der Waals surface area contributed by atoms with Crippen LogP contribution in [-0.2, 0) is 4.79 Å². The van der Waals surface area contributed by atoms with Gasteiger partial charge in [0.15, 0.2) is 0 Å². The maximum Gasteiger partial charge on any atom is 0.231 e. The van der Waals surface area contributed by atoms with Gasteiger partial charge in [-0.25, -0.2) is 0 Å². The summed E-state index contributed by atoms with van der Waals surface area (Å²) in [5, 5.41) is 13.6. The highest BCUT2D eigenvalue weighted by Crippen LogP contribution is 2.27. The predicted octanol–water partition coefficient (Wildman–Crippen LogP) is 1.38. The number of carbonyl (C=O) groups excluding carboxylic acids is 1. The van der Waals surface area contributed by atoms with Crippen molar-refractivity contribution in [2.24, 2.45) is 5.73 Å². The molecule has 1 amide bonds. The van der Waals surface area contributed by atoms with Gasteiger partial charge in [-0.2, -0.15) is 0 Å². The van der Waals surface area contributed by atoms with Gasteiger partial charge in [0.1, 0.15) is 5.75 Å². The van der Waals surface area contributed by atoms with Gasteiger partial charge >= 0.3 is 0 Å². The molecular weight excluding hydrogens is 266 g/mol. The summed E-state index contributed by atoms with van der Waals surface area (Å²) in [4.78, 5) is 13.0. The van der Waals surface area contributed by atoms with Crippen molar-refractivity contribution in [1.29, 1.82) is 0 Å². The number of phenols is 1. The zero-order valence-electron chi connectivity index (χ0n) is 12.6. The smallest absolute Gasteiger partial charge is 0.231 e. The lowest BCUT2D eigenvalue weighted by molar-refractivity contribution is -0.119. The Balaban J connectivity index is 1.89. The van der Waals surface area contributed by atoms with Crippen LogP contribution in [0.4, 0.5) is 0 Å². The third-order valence-electron chi connectivity index (χ3n) is 4.12. The second-order valence-corrected chi connectivity index (χ2v) is 5.70. The van der Waals surface area contributed by atoms with Crippen molar-refractivity contribution in [1.82, 2.24) is 10.2 Å². The number of primary amides is 1. The van der Waals surface area contributed by atoms with E-state index in [0.717, 1.165) is 37.9 Å². The molecule has 5 nitrogen and oxygen atoms in total. The fourth-order valence-electron chi connectivity index (χ4n) is 2.97. The number of para-hydroxylation sites is 1. The van der Waals surface area contributed by atoms with E-state index in [2.05, 4.69) is 17.1 Å². The Kier molecular flexibility index (Phi) is 5.59. The number of carbonyl (C=O) groups is 1. The van der Waals surface area contributed by atoms with Crippen LogP contribution < -0.4 is 11.1 Å². The lowest BCUT2D eigenvalue weighted by Crippen LogP contribution is -2.46. The first-order valence-corrected chi connectivity index (χ1v) is 7.64. The largest absolute Gasteiger partial charge is 0.508 e. The Morgan fingerprint density at radius 2 is 2.10 bits per heavy atom. The minimum atomic E-state index is -0.262. The Hall–Kier alpha value is -1.59. The summed E-state index contributed by atoms with van der Waals surface area (Å²) in [7, 11) is 0. The third-order valence-corrected chi connectivity index (χ3v) is 4.12. The van der Waals surface area contributed by atoms with Crippen molar-refractivity contribution in [3.05, 3.63) is 29.8 Å². The summed E-state index contributed by atoms with van der Waals surface area (Å²) in [6, 6.07) is 8.08. The van der Waals surface area contributed by atoms with Crippen LogP contribution in [0.5, 0.6) is 5.75 Å². The molecule has 1 aliphatic rings. The molecular formula is C16H25N3O2. The van der Waals surface area contributed by atoms with E-state index >= 15 is 0 Å². The van der Waals surface area contributed by atoms with Crippen LogP contribution in [0.3, 0.4) is 0 Å². The molecule has 5 heteroatoms. The molecule has 1 aromatic rings. The van der Waals surface area contributed by atoms with E-state index in [0.29, 0.717) is 18.3 Å². The van der Waals surface area contributed by atoms with Crippen molar-refractivity contribution in [2.75, 3.05) is 19.6 Å². The molecule has 0 unspecified atom stereocenters. The van der Waals surface area contributed by atoms with E-state index in [4.69, 9.17) is 5.73 Å². The number of amides is 1. The van der Waals surface area contributed by atoms with Crippen LogP contribution in [-0.4, -0.2) is 41.6 Å². The van der Waals surface area contributed by atoms with Crippen LogP contribution >= 0.6 is 0 Å². The lowest BCUT2D eigenvalue weighted by atomic mass is 9.98. The molecule has 0 saturated carbocycles. The number of aromatic hydroxyl groups is 1. The first kappa shape index (κ1) is 15.8. The third kappa shape index (κ3) is 4.44. The molecule has 1 fully saturated rings. The summed E-state index contributed by atoms with van der Waals surface area (Å²) in [5.41, 5.74) is 6.19. The molecule has 0 aromatic heterocycles. The number of phenolic OH excluding ortho intramolecular Hbond substituents is 1. The molecule has 0 bridgehead atoms. The molecule has 1 heterocycles. The number of nitrogens with two attached hydrogens (primary N) is 1. The number of nitrogens with zero attached hydrogens (tertiary/aromatic N) is 1. The quantitative estimate of drug-likeness (QED) is 0.740. The zero-order chi connectivity index (χ0) is 15.2. The van der Waals surface area contributed by atoms with Crippen molar-refractivity contribution < 1.29 is 9.90 Å². The number of nitrogens with one attached hydrogen (secondary N) is 1. The van der Waals surface area contributed by atoms with Crippen molar-refractivity contribution >= 4 is 5.91 Å². The highest BCUT2D eigenvalue weighted by atomic mass is 16.3. The summed E-state index contributed by atoms with van der Waals surface area (Å²) < 4.78 is 0. The topological polar surface area (TPSA) is 78.6 Å². The Labute approximate surface area is 126 Å². The monoisotopic (exact) mass is 291 g/mol. The molecule has 0 radical (unpaired) electrons.